The van der Waals surface area contributed by atoms with Crippen molar-refractivity contribution in [2.75, 3.05) is 7.05 Å². The Morgan fingerprint density at radius 2 is 1.04 bits per heavy atom. The lowest BCUT2D eigenvalue weighted by molar-refractivity contribution is 0.133. The summed E-state index contributed by atoms with van der Waals surface area (Å²) in [7, 11) is 1.82. The van der Waals surface area contributed by atoms with Gasteiger partial charge in [0.15, 0.2) is 0 Å². The highest BCUT2D eigenvalue weighted by atomic mass is 16.3. The van der Waals surface area contributed by atoms with Crippen LogP contribution in [0, 0.1) is 5.92 Å². The molecule has 0 saturated heterocycles. The number of nitrogens with one attached hydrogen (secondary N) is 1. The molecule has 2 heteroatoms. The summed E-state index contributed by atoms with van der Waals surface area (Å²) in [6.07, 6.45) is 21.4. The van der Waals surface area contributed by atoms with E-state index in [1.807, 2.05) is 7.05 Å². The molecule has 0 aromatic rings. The second-order valence-corrected chi connectivity index (χ2v) is 7.52. The average Bonchev–Trinajstić information content (AvgIpc) is 2.56. The number of hydrogen-bond donors (Lipinski definition) is 2. The molecule has 0 fully saturated rings. The minimum atomic E-state index is -0.304. The van der Waals surface area contributed by atoms with Gasteiger partial charge in [0.2, 0.25) is 0 Å². The highest BCUT2D eigenvalue weighted by Crippen LogP contribution is 2.18. The Morgan fingerprint density at radius 1 is 0.652 bits per heavy atom. The van der Waals surface area contributed by atoms with Crippen molar-refractivity contribution < 1.29 is 5.11 Å². The van der Waals surface area contributed by atoms with Crippen molar-refractivity contribution in [3.8, 4) is 0 Å². The van der Waals surface area contributed by atoms with Gasteiger partial charge < -0.3 is 5.11 Å². The summed E-state index contributed by atoms with van der Waals surface area (Å²) in [6, 6.07) is 0. The van der Waals surface area contributed by atoms with E-state index in [9.17, 15) is 5.11 Å². The highest BCUT2D eigenvalue weighted by Gasteiger charge is 2.03. The van der Waals surface area contributed by atoms with Gasteiger partial charge >= 0.3 is 0 Å². The van der Waals surface area contributed by atoms with E-state index in [1.54, 1.807) is 0 Å². The lowest BCUT2D eigenvalue weighted by Gasteiger charge is -2.11. The first-order valence-corrected chi connectivity index (χ1v) is 10.6. The predicted octanol–water partition coefficient (Wildman–Crippen LogP) is 6.42. The monoisotopic (exact) mass is 327 g/mol. The van der Waals surface area contributed by atoms with Gasteiger partial charge in [0.1, 0.15) is 6.23 Å². The van der Waals surface area contributed by atoms with E-state index in [1.165, 1.54) is 89.9 Å². The zero-order chi connectivity index (χ0) is 17.2. The van der Waals surface area contributed by atoms with Crippen LogP contribution in [0.4, 0.5) is 0 Å². The molecule has 2 atom stereocenters. The van der Waals surface area contributed by atoms with E-state index in [0.29, 0.717) is 0 Å². The van der Waals surface area contributed by atoms with Gasteiger partial charge in [-0.05, 0) is 25.8 Å². The largest absolute Gasteiger partial charge is 0.379 e. The molecule has 0 saturated carbocycles. The van der Waals surface area contributed by atoms with Crippen LogP contribution >= 0.6 is 0 Å². The van der Waals surface area contributed by atoms with E-state index in [4.69, 9.17) is 0 Å². The van der Waals surface area contributed by atoms with Crippen molar-refractivity contribution >= 4 is 0 Å². The van der Waals surface area contributed by atoms with Crippen molar-refractivity contribution in [1.82, 2.24) is 5.32 Å². The van der Waals surface area contributed by atoms with Crippen LogP contribution < -0.4 is 5.32 Å². The third kappa shape index (κ3) is 18.1. The van der Waals surface area contributed by atoms with Crippen LogP contribution in [0.3, 0.4) is 0 Å². The molecule has 0 aliphatic rings. The summed E-state index contributed by atoms with van der Waals surface area (Å²) >= 11 is 0. The average molecular weight is 328 g/mol. The molecular formula is C21H45NO. The lowest BCUT2D eigenvalue weighted by atomic mass is 9.96. The summed E-state index contributed by atoms with van der Waals surface area (Å²) in [4.78, 5) is 0. The third-order valence-electron chi connectivity index (χ3n) is 5.06. The van der Waals surface area contributed by atoms with Gasteiger partial charge in [0.25, 0.3) is 0 Å². The maximum Gasteiger partial charge on any atom is 0.104 e. The minimum absolute atomic E-state index is 0.304. The number of unbranched alkanes of at least 4 members (excludes halogenated alkanes) is 11. The van der Waals surface area contributed by atoms with E-state index in [-0.39, 0.29) is 6.23 Å². The van der Waals surface area contributed by atoms with Gasteiger partial charge in [0.05, 0.1) is 0 Å². The van der Waals surface area contributed by atoms with E-state index in [0.717, 1.165) is 18.8 Å². The predicted molar refractivity (Wildman–Crippen MR) is 104 cm³/mol. The molecule has 23 heavy (non-hydrogen) atoms. The van der Waals surface area contributed by atoms with Crippen molar-refractivity contribution in [2.24, 2.45) is 5.92 Å². The minimum Gasteiger partial charge on any atom is -0.379 e. The number of rotatable bonds is 18. The molecular weight excluding hydrogens is 282 g/mol. The SMILES string of the molecule is CCCCCCCCCCC(C)CCCCCCCC(O)NC. The van der Waals surface area contributed by atoms with Gasteiger partial charge in [-0.15, -0.1) is 0 Å². The maximum absolute atomic E-state index is 9.40. The van der Waals surface area contributed by atoms with Crippen LogP contribution in [0.2, 0.25) is 0 Å². The van der Waals surface area contributed by atoms with Gasteiger partial charge in [-0.2, -0.15) is 0 Å². The summed E-state index contributed by atoms with van der Waals surface area (Å²) in [5.41, 5.74) is 0. The molecule has 0 aliphatic carbocycles. The molecule has 0 aliphatic heterocycles. The zero-order valence-electron chi connectivity index (χ0n) is 16.4. The van der Waals surface area contributed by atoms with E-state index >= 15 is 0 Å². The molecule has 140 valence electrons. The second-order valence-electron chi connectivity index (χ2n) is 7.52. The van der Waals surface area contributed by atoms with Crippen molar-refractivity contribution in [1.29, 1.82) is 0 Å². The summed E-state index contributed by atoms with van der Waals surface area (Å²) < 4.78 is 0. The van der Waals surface area contributed by atoms with Crippen molar-refractivity contribution in [3.63, 3.8) is 0 Å². The van der Waals surface area contributed by atoms with Gasteiger partial charge in [-0.1, -0.05) is 104 Å². The topological polar surface area (TPSA) is 32.3 Å². The van der Waals surface area contributed by atoms with Crippen molar-refractivity contribution in [2.45, 2.75) is 123 Å². The van der Waals surface area contributed by atoms with Crippen molar-refractivity contribution in [3.05, 3.63) is 0 Å². The molecule has 0 spiro atoms. The fourth-order valence-corrected chi connectivity index (χ4v) is 3.28. The van der Waals surface area contributed by atoms with Crippen LogP contribution in [0.15, 0.2) is 0 Å². The zero-order valence-corrected chi connectivity index (χ0v) is 16.4. The van der Waals surface area contributed by atoms with Gasteiger partial charge in [0, 0.05) is 0 Å². The fraction of sp³-hybridized carbons (Fsp3) is 1.00. The number of aliphatic hydroxyl groups excluding tert-OH is 1. The number of hydrogen-bond acceptors (Lipinski definition) is 2. The molecule has 2 N–H and O–H groups in total. The molecule has 0 amide bonds. The molecule has 0 bridgehead atoms. The van der Waals surface area contributed by atoms with E-state index in [2.05, 4.69) is 19.2 Å². The highest BCUT2D eigenvalue weighted by molar-refractivity contribution is 4.56. The molecule has 2 unspecified atom stereocenters. The molecule has 0 radical (unpaired) electrons. The van der Waals surface area contributed by atoms with Crippen LogP contribution in [-0.4, -0.2) is 18.4 Å². The molecule has 0 aromatic heterocycles. The lowest BCUT2D eigenvalue weighted by Crippen LogP contribution is -2.23. The third-order valence-corrected chi connectivity index (χ3v) is 5.06. The molecule has 2 nitrogen and oxygen atoms in total. The fourth-order valence-electron chi connectivity index (χ4n) is 3.28. The first kappa shape index (κ1) is 22.9. The maximum atomic E-state index is 9.40. The first-order valence-electron chi connectivity index (χ1n) is 10.6. The van der Waals surface area contributed by atoms with Gasteiger partial charge in [-0.25, -0.2) is 0 Å². The number of aliphatic hydroxyl groups is 1. The standard InChI is InChI=1S/C21H45NO/c1-4-5-6-7-8-9-11-14-17-20(2)18-15-12-10-13-16-19-21(23)22-3/h20-23H,4-19H2,1-3H3. The first-order chi connectivity index (χ1) is 11.2. The molecule has 0 rings (SSSR count). The Bertz CT molecular complexity index is 220. The normalized spacial score (nSPS) is 14.1. The molecule has 0 heterocycles. The quantitative estimate of drug-likeness (QED) is 0.225. The Hall–Kier alpha value is -0.0800. The van der Waals surface area contributed by atoms with Gasteiger partial charge in [-0.3, -0.25) is 5.32 Å². The summed E-state index contributed by atoms with van der Waals surface area (Å²) in [5, 5.41) is 12.3. The van der Waals surface area contributed by atoms with Crippen LogP contribution in [0.5, 0.6) is 0 Å². The Kier molecular flexibility index (Phi) is 18.2. The Labute approximate surface area is 146 Å². The smallest absolute Gasteiger partial charge is 0.104 e. The van der Waals surface area contributed by atoms with Crippen LogP contribution in [0.1, 0.15) is 117 Å². The van der Waals surface area contributed by atoms with Crippen LogP contribution in [0.25, 0.3) is 0 Å². The van der Waals surface area contributed by atoms with E-state index < -0.39 is 0 Å². The summed E-state index contributed by atoms with van der Waals surface area (Å²) in [6.45, 7) is 4.72. The summed E-state index contributed by atoms with van der Waals surface area (Å²) in [5.74, 6) is 0.918. The van der Waals surface area contributed by atoms with Crippen LogP contribution in [-0.2, 0) is 0 Å². The second kappa shape index (κ2) is 18.3. The Morgan fingerprint density at radius 3 is 1.48 bits per heavy atom. The Balaban J connectivity index is 3.17. The molecule has 0 aromatic carbocycles.